The van der Waals surface area contributed by atoms with Gasteiger partial charge in [0.15, 0.2) is 0 Å². The fourth-order valence-corrected chi connectivity index (χ4v) is 2.90. The van der Waals surface area contributed by atoms with E-state index in [1.807, 2.05) is 30.3 Å². The molecule has 0 aliphatic carbocycles. The molecule has 0 saturated carbocycles. The summed E-state index contributed by atoms with van der Waals surface area (Å²) in [6, 6.07) is 11.0. The van der Waals surface area contributed by atoms with Crippen molar-refractivity contribution in [3.63, 3.8) is 0 Å². The van der Waals surface area contributed by atoms with Gasteiger partial charge in [-0.15, -0.1) is 11.3 Å². The number of hydrogen-bond acceptors (Lipinski definition) is 5. The molecule has 1 aromatic carbocycles. The summed E-state index contributed by atoms with van der Waals surface area (Å²) in [5.41, 5.74) is 1.10. The number of benzene rings is 1. The number of carbonyl (C=O) groups excluding carboxylic acids is 1. The molecule has 0 aliphatic rings. The number of aryl methyl sites for hydroxylation is 2. The summed E-state index contributed by atoms with van der Waals surface area (Å²) < 4.78 is 4.60. The molecule has 1 heterocycles. The molecule has 104 valence electrons. The van der Waals surface area contributed by atoms with Gasteiger partial charge in [-0.25, -0.2) is 4.79 Å². The summed E-state index contributed by atoms with van der Waals surface area (Å²) in [4.78, 5) is 22.9. The standard InChI is InChI=1S/C14H13NO4S/c1-19-14(16)13-9-11(15(17)18)12(20-13)8-7-10-5-3-2-4-6-10/h2-6,9H,7-8H2,1H3. The molecule has 0 radical (unpaired) electrons. The molecular formula is C14H13NO4S. The van der Waals surface area contributed by atoms with Gasteiger partial charge in [-0.05, 0) is 18.4 Å². The van der Waals surface area contributed by atoms with Crippen LogP contribution in [-0.4, -0.2) is 18.0 Å². The Balaban J connectivity index is 2.19. The average molecular weight is 291 g/mol. The number of nitrogens with zero attached hydrogens (tertiary/aromatic N) is 1. The van der Waals surface area contributed by atoms with Gasteiger partial charge in [0.05, 0.1) is 16.9 Å². The third kappa shape index (κ3) is 3.21. The number of methoxy groups -OCH3 is 1. The summed E-state index contributed by atoms with van der Waals surface area (Å²) in [6.07, 6.45) is 1.23. The lowest BCUT2D eigenvalue weighted by Gasteiger charge is -1.99. The normalized spacial score (nSPS) is 10.2. The topological polar surface area (TPSA) is 69.4 Å². The highest BCUT2D eigenvalue weighted by Crippen LogP contribution is 2.30. The zero-order chi connectivity index (χ0) is 14.5. The van der Waals surface area contributed by atoms with Gasteiger partial charge in [0.25, 0.3) is 5.69 Å². The van der Waals surface area contributed by atoms with Crippen molar-refractivity contribution >= 4 is 23.0 Å². The second kappa shape index (κ2) is 6.29. The van der Waals surface area contributed by atoms with Crippen molar-refractivity contribution in [1.29, 1.82) is 0 Å². The molecule has 0 N–H and O–H groups in total. The first-order valence-corrected chi connectivity index (χ1v) is 6.83. The third-order valence-corrected chi connectivity index (χ3v) is 4.02. The van der Waals surface area contributed by atoms with Crippen LogP contribution in [0.4, 0.5) is 5.69 Å². The molecule has 0 amide bonds. The molecule has 0 unspecified atom stereocenters. The van der Waals surface area contributed by atoms with Crippen molar-refractivity contribution in [3.8, 4) is 0 Å². The third-order valence-electron chi connectivity index (χ3n) is 2.85. The first kappa shape index (κ1) is 14.2. The number of thiophene rings is 1. The van der Waals surface area contributed by atoms with Crippen molar-refractivity contribution in [2.45, 2.75) is 12.8 Å². The van der Waals surface area contributed by atoms with E-state index in [4.69, 9.17) is 0 Å². The van der Waals surface area contributed by atoms with Crippen LogP contribution >= 0.6 is 11.3 Å². The Kier molecular flexibility index (Phi) is 4.47. The van der Waals surface area contributed by atoms with E-state index < -0.39 is 10.9 Å². The first-order chi connectivity index (χ1) is 9.61. The van der Waals surface area contributed by atoms with E-state index in [1.54, 1.807) is 0 Å². The fraction of sp³-hybridized carbons (Fsp3) is 0.214. The molecule has 2 aromatic rings. The van der Waals surface area contributed by atoms with Crippen molar-refractivity contribution in [1.82, 2.24) is 0 Å². The van der Waals surface area contributed by atoms with Crippen molar-refractivity contribution in [3.05, 3.63) is 61.8 Å². The molecule has 0 fully saturated rings. The molecular weight excluding hydrogens is 278 g/mol. The molecule has 0 atom stereocenters. The van der Waals surface area contributed by atoms with Gasteiger partial charge in [-0.3, -0.25) is 10.1 Å². The number of rotatable bonds is 5. The van der Waals surface area contributed by atoms with Crippen molar-refractivity contribution in [2.24, 2.45) is 0 Å². The quantitative estimate of drug-likeness (QED) is 0.482. The Hall–Kier alpha value is -2.21. The minimum Gasteiger partial charge on any atom is -0.465 e. The molecule has 6 heteroatoms. The molecule has 0 aliphatic heterocycles. The van der Waals surface area contributed by atoms with E-state index in [-0.39, 0.29) is 10.6 Å². The Bertz CT molecular complexity index is 621. The Labute approximate surface area is 120 Å². The van der Waals surface area contributed by atoms with Gasteiger partial charge in [0.2, 0.25) is 0 Å². The van der Waals surface area contributed by atoms with Crippen LogP contribution in [0.3, 0.4) is 0 Å². The number of hydrogen-bond donors (Lipinski definition) is 0. The van der Waals surface area contributed by atoms with Crippen LogP contribution in [0.25, 0.3) is 0 Å². The van der Waals surface area contributed by atoms with E-state index in [1.165, 1.54) is 13.2 Å². The monoisotopic (exact) mass is 291 g/mol. The van der Waals surface area contributed by atoms with Crippen LogP contribution in [0.15, 0.2) is 36.4 Å². The number of esters is 1. The summed E-state index contributed by atoms with van der Waals surface area (Å²) in [7, 11) is 1.26. The van der Waals surface area contributed by atoms with Crippen molar-refractivity contribution < 1.29 is 14.5 Å². The summed E-state index contributed by atoms with van der Waals surface area (Å²) >= 11 is 1.12. The Morgan fingerprint density at radius 3 is 2.60 bits per heavy atom. The minimum absolute atomic E-state index is 0.00803. The fourth-order valence-electron chi connectivity index (χ4n) is 1.86. The van der Waals surface area contributed by atoms with Crippen LogP contribution in [0.5, 0.6) is 0 Å². The van der Waals surface area contributed by atoms with E-state index >= 15 is 0 Å². The summed E-state index contributed by atoms with van der Waals surface area (Å²) in [5, 5.41) is 11.0. The second-order valence-electron chi connectivity index (χ2n) is 4.15. The highest BCUT2D eigenvalue weighted by Gasteiger charge is 2.22. The highest BCUT2D eigenvalue weighted by atomic mass is 32.1. The van der Waals surface area contributed by atoms with Gasteiger partial charge in [-0.1, -0.05) is 30.3 Å². The lowest BCUT2D eigenvalue weighted by atomic mass is 10.1. The van der Waals surface area contributed by atoms with Crippen LogP contribution in [0.2, 0.25) is 0 Å². The molecule has 0 saturated heterocycles. The van der Waals surface area contributed by atoms with Crippen LogP contribution in [0, 0.1) is 10.1 Å². The lowest BCUT2D eigenvalue weighted by Crippen LogP contribution is -1.97. The molecule has 2 rings (SSSR count). The molecule has 20 heavy (non-hydrogen) atoms. The average Bonchev–Trinajstić information content (AvgIpc) is 2.90. The highest BCUT2D eigenvalue weighted by molar-refractivity contribution is 7.14. The maximum atomic E-state index is 11.4. The van der Waals surface area contributed by atoms with Crippen molar-refractivity contribution in [2.75, 3.05) is 7.11 Å². The second-order valence-corrected chi connectivity index (χ2v) is 5.29. The minimum atomic E-state index is -0.538. The summed E-state index contributed by atoms with van der Waals surface area (Å²) in [5.74, 6) is -0.538. The van der Waals surface area contributed by atoms with E-state index in [0.717, 1.165) is 16.9 Å². The van der Waals surface area contributed by atoms with Crippen LogP contribution in [-0.2, 0) is 17.6 Å². The molecule has 0 spiro atoms. The molecule has 1 aromatic heterocycles. The van der Waals surface area contributed by atoms with E-state index in [2.05, 4.69) is 4.74 Å². The van der Waals surface area contributed by atoms with E-state index in [9.17, 15) is 14.9 Å². The first-order valence-electron chi connectivity index (χ1n) is 6.01. The predicted molar refractivity (Wildman–Crippen MR) is 76.2 cm³/mol. The van der Waals surface area contributed by atoms with Gasteiger partial charge in [-0.2, -0.15) is 0 Å². The SMILES string of the molecule is COC(=O)c1cc([N+](=O)[O-])c(CCc2ccccc2)s1. The van der Waals surface area contributed by atoms with Gasteiger partial charge >= 0.3 is 5.97 Å². The summed E-state index contributed by atoms with van der Waals surface area (Å²) in [6.45, 7) is 0. The number of nitro groups is 1. The zero-order valence-electron chi connectivity index (χ0n) is 10.9. The van der Waals surface area contributed by atoms with Crippen LogP contribution in [0.1, 0.15) is 20.1 Å². The maximum Gasteiger partial charge on any atom is 0.348 e. The smallest absolute Gasteiger partial charge is 0.348 e. The Morgan fingerprint density at radius 1 is 1.30 bits per heavy atom. The largest absolute Gasteiger partial charge is 0.465 e. The number of carbonyl (C=O) groups is 1. The lowest BCUT2D eigenvalue weighted by molar-refractivity contribution is -0.385. The zero-order valence-corrected chi connectivity index (χ0v) is 11.7. The van der Waals surface area contributed by atoms with Gasteiger partial charge < -0.3 is 4.74 Å². The maximum absolute atomic E-state index is 11.4. The van der Waals surface area contributed by atoms with E-state index in [0.29, 0.717) is 17.7 Å². The van der Waals surface area contributed by atoms with Gasteiger partial charge in [0, 0.05) is 6.07 Å². The number of ether oxygens (including phenoxy) is 1. The molecule has 5 nitrogen and oxygen atoms in total. The molecule has 0 bridgehead atoms. The predicted octanol–water partition coefficient (Wildman–Crippen LogP) is 3.23. The Morgan fingerprint density at radius 2 is 2.00 bits per heavy atom. The van der Waals surface area contributed by atoms with Crippen LogP contribution < -0.4 is 0 Å². The van der Waals surface area contributed by atoms with Gasteiger partial charge in [0.1, 0.15) is 4.88 Å².